The van der Waals surface area contributed by atoms with Crippen LogP contribution < -0.4 is 9.47 Å². The van der Waals surface area contributed by atoms with Gasteiger partial charge in [0.1, 0.15) is 0 Å². The first-order valence-electron chi connectivity index (χ1n) is 8.88. The predicted octanol–water partition coefficient (Wildman–Crippen LogP) is 3.83. The van der Waals surface area contributed by atoms with Crippen molar-refractivity contribution < 1.29 is 19.0 Å². The van der Waals surface area contributed by atoms with Gasteiger partial charge in [-0.2, -0.15) is 0 Å². The molecule has 1 amide bonds. The minimum atomic E-state index is -0.0822. The lowest BCUT2D eigenvalue weighted by molar-refractivity contribution is 0.0628. The van der Waals surface area contributed by atoms with E-state index in [1.807, 2.05) is 54.3 Å². The molecule has 3 rings (SSSR count). The van der Waals surface area contributed by atoms with E-state index in [9.17, 15) is 4.79 Å². The highest BCUT2D eigenvalue weighted by atomic mass is 16.5. The third-order valence-corrected chi connectivity index (χ3v) is 4.76. The molecule has 0 aromatic heterocycles. The normalized spacial score (nSPS) is 14.3. The minimum Gasteiger partial charge on any atom is -0.493 e. The maximum atomic E-state index is 13.0. The van der Waals surface area contributed by atoms with Gasteiger partial charge in [0.25, 0.3) is 5.91 Å². The van der Waals surface area contributed by atoms with Crippen molar-refractivity contribution in [3.05, 3.63) is 59.2 Å². The zero-order valence-corrected chi connectivity index (χ0v) is 15.5. The molecule has 138 valence electrons. The average molecular weight is 355 g/mol. The van der Waals surface area contributed by atoms with Crippen LogP contribution >= 0.6 is 0 Å². The van der Waals surface area contributed by atoms with Gasteiger partial charge in [-0.05, 0) is 42.7 Å². The van der Waals surface area contributed by atoms with E-state index in [0.29, 0.717) is 31.3 Å². The smallest absolute Gasteiger partial charge is 0.255 e. The molecule has 0 saturated heterocycles. The Hall–Kier alpha value is -2.53. The van der Waals surface area contributed by atoms with Crippen LogP contribution in [0.2, 0.25) is 0 Å². The fourth-order valence-corrected chi connectivity index (χ4v) is 3.43. The van der Waals surface area contributed by atoms with Crippen LogP contribution in [0.1, 0.15) is 40.9 Å². The lowest BCUT2D eigenvalue weighted by Crippen LogP contribution is -2.30. The summed E-state index contributed by atoms with van der Waals surface area (Å²) >= 11 is 0. The van der Waals surface area contributed by atoms with Gasteiger partial charge in [0.2, 0.25) is 0 Å². The number of rotatable bonds is 8. The fourth-order valence-electron chi connectivity index (χ4n) is 3.43. The Morgan fingerprint density at radius 3 is 2.54 bits per heavy atom. The summed E-state index contributed by atoms with van der Waals surface area (Å²) in [6.07, 6.45) is 0.725. The second kappa shape index (κ2) is 8.23. The number of hydrogen-bond donors (Lipinski definition) is 0. The molecule has 0 bridgehead atoms. The summed E-state index contributed by atoms with van der Waals surface area (Å²) < 4.78 is 16.3. The van der Waals surface area contributed by atoms with E-state index in [-0.39, 0.29) is 11.9 Å². The summed E-state index contributed by atoms with van der Waals surface area (Å²) in [5.74, 6) is 1.41. The first-order chi connectivity index (χ1) is 12.7. The summed E-state index contributed by atoms with van der Waals surface area (Å²) in [5.41, 5.74) is 2.87. The fraction of sp³-hybridized carbons (Fsp3) is 0.381. The third-order valence-electron chi connectivity index (χ3n) is 4.76. The Balaban J connectivity index is 1.92. The molecule has 1 aliphatic heterocycles. The van der Waals surface area contributed by atoms with Gasteiger partial charge in [-0.25, -0.2) is 0 Å². The topological polar surface area (TPSA) is 48.0 Å². The van der Waals surface area contributed by atoms with E-state index in [2.05, 4.69) is 0 Å². The van der Waals surface area contributed by atoms with Crippen LogP contribution in [0.15, 0.2) is 42.5 Å². The number of benzene rings is 2. The summed E-state index contributed by atoms with van der Waals surface area (Å²) in [4.78, 5) is 14.9. The van der Waals surface area contributed by atoms with Gasteiger partial charge >= 0.3 is 0 Å². The van der Waals surface area contributed by atoms with Crippen LogP contribution in [-0.2, 0) is 11.3 Å². The van der Waals surface area contributed by atoms with Gasteiger partial charge in [0, 0.05) is 25.3 Å². The number of amides is 1. The van der Waals surface area contributed by atoms with Crippen LogP contribution in [0.3, 0.4) is 0 Å². The molecule has 0 aliphatic carbocycles. The third kappa shape index (κ3) is 3.53. The maximum absolute atomic E-state index is 13.0. The molecule has 5 nitrogen and oxygen atoms in total. The van der Waals surface area contributed by atoms with Crippen LogP contribution in [0.5, 0.6) is 11.5 Å². The summed E-state index contributed by atoms with van der Waals surface area (Å²) in [5, 5.41) is 0. The molecular weight excluding hydrogens is 330 g/mol. The molecule has 26 heavy (non-hydrogen) atoms. The molecule has 1 atom stereocenters. The quantitative estimate of drug-likeness (QED) is 0.675. The van der Waals surface area contributed by atoms with Crippen LogP contribution in [0.4, 0.5) is 0 Å². The SMILES string of the molecule is CCOCCC(c1ccc(OC)c(OC)c1)N1Cc2ccccc2C1=O. The molecule has 5 heteroatoms. The number of carbonyl (C=O) groups excluding carboxylic acids is 1. The van der Waals surface area contributed by atoms with Gasteiger partial charge in [-0.1, -0.05) is 24.3 Å². The molecule has 0 spiro atoms. The highest BCUT2D eigenvalue weighted by Crippen LogP contribution is 2.37. The monoisotopic (exact) mass is 355 g/mol. The van der Waals surface area contributed by atoms with E-state index in [1.165, 1.54) is 0 Å². The lowest BCUT2D eigenvalue weighted by Gasteiger charge is -2.29. The van der Waals surface area contributed by atoms with Crippen molar-refractivity contribution in [3.8, 4) is 11.5 Å². The maximum Gasteiger partial charge on any atom is 0.255 e. The minimum absolute atomic E-state index is 0.0666. The summed E-state index contributed by atoms with van der Waals surface area (Å²) in [6, 6.07) is 13.5. The van der Waals surface area contributed by atoms with E-state index >= 15 is 0 Å². The molecule has 1 heterocycles. The van der Waals surface area contributed by atoms with Crippen molar-refractivity contribution in [3.63, 3.8) is 0 Å². The Morgan fingerprint density at radius 1 is 1.08 bits per heavy atom. The van der Waals surface area contributed by atoms with Crippen molar-refractivity contribution in [2.75, 3.05) is 27.4 Å². The van der Waals surface area contributed by atoms with Crippen molar-refractivity contribution >= 4 is 5.91 Å². The second-order valence-corrected chi connectivity index (χ2v) is 6.21. The first kappa shape index (κ1) is 18.3. The van der Waals surface area contributed by atoms with E-state index in [4.69, 9.17) is 14.2 Å². The van der Waals surface area contributed by atoms with Crippen molar-refractivity contribution in [2.24, 2.45) is 0 Å². The zero-order chi connectivity index (χ0) is 18.5. The molecule has 1 unspecified atom stereocenters. The zero-order valence-electron chi connectivity index (χ0n) is 15.5. The highest BCUT2D eigenvalue weighted by molar-refractivity contribution is 5.98. The van der Waals surface area contributed by atoms with E-state index in [1.54, 1.807) is 14.2 Å². The number of carbonyl (C=O) groups is 1. The Labute approximate surface area is 154 Å². The molecular formula is C21H25NO4. The Morgan fingerprint density at radius 2 is 1.85 bits per heavy atom. The number of methoxy groups -OCH3 is 2. The van der Waals surface area contributed by atoms with Gasteiger partial charge < -0.3 is 19.1 Å². The molecule has 1 aliphatic rings. The number of fused-ring (bicyclic) bond motifs is 1. The predicted molar refractivity (Wildman–Crippen MR) is 99.7 cm³/mol. The van der Waals surface area contributed by atoms with Gasteiger partial charge in [-0.3, -0.25) is 4.79 Å². The lowest BCUT2D eigenvalue weighted by atomic mass is 10.0. The van der Waals surface area contributed by atoms with Crippen LogP contribution in [0.25, 0.3) is 0 Å². The van der Waals surface area contributed by atoms with Gasteiger partial charge in [0.15, 0.2) is 11.5 Å². The Bertz CT molecular complexity index is 774. The van der Waals surface area contributed by atoms with E-state index < -0.39 is 0 Å². The van der Waals surface area contributed by atoms with E-state index in [0.717, 1.165) is 23.1 Å². The first-order valence-corrected chi connectivity index (χ1v) is 8.88. The molecule has 0 N–H and O–H groups in total. The number of hydrogen-bond acceptors (Lipinski definition) is 4. The summed E-state index contributed by atoms with van der Waals surface area (Å²) in [7, 11) is 3.23. The van der Waals surface area contributed by atoms with Crippen LogP contribution in [0, 0.1) is 0 Å². The molecule has 2 aromatic rings. The summed E-state index contributed by atoms with van der Waals surface area (Å²) in [6.45, 7) is 3.84. The van der Waals surface area contributed by atoms with Gasteiger partial charge in [0.05, 0.1) is 20.3 Å². The van der Waals surface area contributed by atoms with Crippen molar-refractivity contribution in [2.45, 2.75) is 25.9 Å². The highest BCUT2D eigenvalue weighted by Gasteiger charge is 2.33. The largest absolute Gasteiger partial charge is 0.493 e. The van der Waals surface area contributed by atoms with Gasteiger partial charge in [-0.15, -0.1) is 0 Å². The van der Waals surface area contributed by atoms with Crippen molar-refractivity contribution in [1.29, 1.82) is 0 Å². The molecule has 0 saturated carbocycles. The standard InChI is InChI=1S/C21H25NO4/c1-4-26-12-11-18(15-9-10-19(24-2)20(13-15)25-3)22-14-16-7-5-6-8-17(16)21(22)23/h5-10,13,18H,4,11-12,14H2,1-3H3. The number of ether oxygens (including phenoxy) is 3. The number of nitrogens with zero attached hydrogens (tertiary/aromatic N) is 1. The average Bonchev–Trinajstić information content (AvgIpc) is 3.01. The molecule has 2 aromatic carbocycles. The van der Waals surface area contributed by atoms with Crippen LogP contribution in [-0.4, -0.2) is 38.2 Å². The second-order valence-electron chi connectivity index (χ2n) is 6.21. The molecule has 0 fully saturated rings. The van der Waals surface area contributed by atoms with Crippen molar-refractivity contribution in [1.82, 2.24) is 4.90 Å². The Kier molecular flexibility index (Phi) is 5.78. The molecule has 0 radical (unpaired) electrons.